The summed E-state index contributed by atoms with van der Waals surface area (Å²) in [5, 5.41) is 21.6. The van der Waals surface area contributed by atoms with Crippen molar-refractivity contribution in [1.82, 2.24) is 9.97 Å². The van der Waals surface area contributed by atoms with E-state index in [0.29, 0.717) is 21.8 Å². The number of nitrogens with one attached hydrogen (secondary N) is 2. The molecule has 0 bridgehead atoms. The molecule has 22 heavy (non-hydrogen) atoms. The fourth-order valence-corrected chi connectivity index (χ4v) is 2.71. The Bertz CT molecular complexity index is 945. The molecule has 2 aromatic heterocycles. The molecule has 108 valence electrons. The molecule has 0 aliphatic heterocycles. The zero-order valence-corrected chi connectivity index (χ0v) is 11.4. The quantitative estimate of drug-likeness (QED) is 0.427. The number of hydrogen-bond donors (Lipinski definition) is 4. The highest BCUT2D eigenvalue weighted by Gasteiger charge is 2.24. The lowest BCUT2D eigenvalue weighted by Crippen LogP contribution is -2.02. The molecule has 0 radical (unpaired) electrons. The van der Waals surface area contributed by atoms with Gasteiger partial charge in [0.05, 0.1) is 0 Å². The fraction of sp³-hybridized carbons (Fsp3) is 0. The normalized spacial score (nSPS) is 11.3. The van der Waals surface area contributed by atoms with Crippen LogP contribution >= 0.6 is 0 Å². The summed E-state index contributed by atoms with van der Waals surface area (Å²) in [7, 11) is 0. The van der Waals surface area contributed by atoms with E-state index in [0.717, 1.165) is 0 Å². The van der Waals surface area contributed by atoms with Gasteiger partial charge in [0, 0.05) is 21.8 Å². The van der Waals surface area contributed by atoms with Gasteiger partial charge in [-0.2, -0.15) is 0 Å². The molecule has 4 aromatic rings. The molecule has 0 saturated carbocycles. The third-order valence-corrected chi connectivity index (χ3v) is 3.81. The van der Waals surface area contributed by atoms with Crippen LogP contribution < -0.4 is 0 Å². The van der Waals surface area contributed by atoms with E-state index in [1.807, 2.05) is 12.1 Å². The molecule has 5 nitrogen and oxygen atoms in total. The van der Waals surface area contributed by atoms with Crippen LogP contribution in [0.3, 0.4) is 0 Å². The number of aromatic nitrogens is 2. The van der Waals surface area contributed by atoms with Crippen LogP contribution in [0.4, 0.5) is 0 Å². The highest BCUT2D eigenvalue weighted by atomic mass is 16.3. The minimum Gasteiger partial charge on any atom is -0.505 e. The molecule has 0 aliphatic carbocycles. The predicted octanol–water partition coefficient (Wildman–Crippen LogP) is 3.29. The minimum atomic E-state index is -0.484. The summed E-state index contributed by atoms with van der Waals surface area (Å²) in [5.74, 6) is -0.709. The second-order valence-electron chi connectivity index (χ2n) is 5.12. The van der Waals surface area contributed by atoms with Crippen molar-refractivity contribution < 1.29 is 15.0 Å². The Kier molecular flexibility index (Phi) is 2.50. The molecule has 2 heterocycles. The van der Waals surface area contributed by atoms with Gasteiger partial charge in [-0.25, -0.2) is 0 Å². The van der Waals surface area contributed by atoms with Crippen LogP contribution in [-0.2, 0) is 0 Å². The molecule has 0 unspecified atom stereocenters. The smallest absolute Gasteiger partial charge is 0.233 e. The summed E-state index contributed by atoms with van der Waals surface area (Å²) in [5.41, 5.74) is 1.45. The van der Waals surface area contributed by atoms with Crippen molar-refractivity contribution in [2.45, 2.75) is 0 Å². The molecule has 0 atom stereocenters. The van der Waals surface area contributed by atoms with Crippen molar-refractivity contribution in [1.29, 1.82) is 0 Å². The van der Waals surface area contributed by atoms with E-state index in [9.17, 15) is 15.0 Å². The molecule has 4 rings (SSSR count). The zero-order valence-electron chi connectivity index (χ0n) is 11.4. The Morgan fingerprint density at radius 1 is 0.727 bits per heavy atom. The number of carbonyl (C=O) groups is 1. The van der Waals surface area contributed by atoms with Crippen LogP contribution in [0.2, 0.25) is 0 Å². The second kappa shape index (κ2) is 4.39. The standard InChI is InChI=1S/C17H12N2O3/c20-15-9-5-1-3-7-11(9)18-13(15)17(22)14-16(21)10-6-2-4-8-12(10)19-14/h1-8,18-21H. The summed E-state index contributed by atoms with van der Waals surface area (Å²) in [6, 6.07) is 14.2. The second-order valence-corrected chi connectivity index (χ2v) is 5.12. The van der Waals surface area contributed by atoms with Gasteiger partial charge in [0.2, 0.25) is 5.78 Å². The average Bonchev–Trinajstić information content (AvgIpc) is 3.06. The Hall–Kier alpha value is -3.21. The predicted molar refractivity (Wildman–Crippen MR) is 83.4 cm³/mol. The molecule has 0 amide bonds. The van der Waals surface area contributed by atoms with Crippen molar-refractivity contribution in [3.63, 3.8) is 0 Å². The van der Waals surface area contributed by atoms with Gasteiger partial charge >= 0.3 is 0 Å². The van der Waals surface area contributed by atoms with E-state index in [1.165, 1.54) is 0 Å². The molecule has 0 aliphatic rings. The fourth-order valence-electron chi connectivity index (χ4n) is 2.71. The van der Waals surface area contributed by atoms with Crippen LogP contribution in [-0.4, -0.2) is 26.0 Å². The van der Waals surface area contributed by atoms with Gasteiger partial charge in [-0.15, -0.1) is 0 Å². The number of carbonyl (C=O) groups excluding carboxylic acids is 1. The van der Waals surface area contributed by atoms with E-state index >= 15 is 0 Å². The Labute approximate surface area is 124 Å². The largest absolute Gasteiger partial charge is 0.505 e. The lowest BCUT2D eigenvalue weighted by molar-refractivity contribution is 0.102. The first-order chi connectivity index (χ1) is 10.7. The van der Waals surface area contributed by atoms with Crippen molar-refractivity contribution in [3.05, 3.63) is 59.9 Å². The van der Waals surface area contributed by atoms with E-state index in [-0.39, 0.29) is 22.9 Å². The molecule has 5 heteroatoms. The number of fused-ring (bicyclic) bond motifs is 2. The SMILES string of the molecule is O=C(c1[nH]c2ccccc2c1O)c1[nH]c2ccccc2c1O. The number of para-hydroxylation sites is 2. The average molecular weight is 292 g/mol. The van der Waals surface area contributed by atoms with E-state index in [1.54, 1.807) is 36.4 Å². The van der Waals surface area contributed by atoms with Gasteiger partial charge in [0.15, 0.2) is 11.5 Å². The topological polar surface area (TPSA) is 89.1 Å². The summed E-state index contributed by atoms with van der Waals surface area (Å²) >= 11 is 0. The van der Waals surface area contributed by atoms with Crippen LogP contribution in [0.25, 0.3) is 21.8 Å². The Morgan fingerprint density at radius 3 is 1.55 bits per heavy atom. The number of benzene rings is 2. The van der Waals surface area contributed by atoms with Crippen LogP contribution in [0, 0.1) is 0 Å². The van der Waals surface area contributed by atoms with Crippen molar-refractivity contribution in [3.8, 4) is 11.5 Å². The maximum atomic E-state index is 12.6. The third-order valence-electron chi connectivity index (χ3n) is 3.81. The monoisotopic (exact) mass is 292 g/mol. The number of aromatic hydroxyl groups is 2. The molecule has 4 N–H and O–H groups in total. The van der Waals surface area contributed by atoms with Gasteiger partial charge < -0.3 is 20.2 Å². The third kappa shape index (κ3) is 1.62. The molecular weight excluding hydrogens is 280 g/mol. The molecular formula is C17H12N2O3. The first kappa shape index (κ1) is 12.5. The maximum absolute atomic E-state index is 12.6. The first-order valence-electron chi connectivity index (χ1n) is 6.81. The number of aromatic amines is 2. The van der Waals surface area contributed by atoms with Crippen molar-refractivity contribution >= 4 is 27.6 Å². The summed E-state index contributed by atoms with van der Waals surface area (Å²) in [4.78, 5) is 18.5. The molecule has 0 saturated heterocycles. The Morgan fingerprint density at radius 2 is 1.14 bits per heavy atom. The van der Waals surface area contributed by atoms with Crippen molar-refractivity contribution in [2.24, 2.45) is 0 Å². The highest BCUT2D eigenvalue weighted by Crippen LogP contribution is 2.34. The van der Waals surface area contributed by atoms with E-state index < -0.39 is 5.78 Å². The summed E-state index contributed by atoms with van der Waals surface area (Å²) < 4.78 is 0. The van der Waals surface area contributed by atoms with Gasteiger partial charge in [-0.05, 0) is 24.3 Å². The van der Waals surface area contributed by atoms with Gasteiger partial charge in [0.25, 0.3) is 0 Å². The van der Waals surface area contributed by atoms with E-state index in [4.69, 9.17) is 0 Å². The summed E-state index contributed by atoms with van der Waals surface area (Å²) in [6.07, 6.45) is 0. The number of hydrogen-bond acceptors (Lipinski definition) is 3. The lowest BCUT2D eigenvalue weighted by Gasteiger charge is -1.98. The van der Waals surface area contributed by atoms with Crippen LogP contribution in [0.15, 0.2) is 48.5 Å². The zero-order chi connectivity index (χ0) is 15.3. The Balaban J connectivity index is 1.92. The number of H-pyrrole nitrogens is 2. The molecule has 0 spiro atoms. The van der Waals surface area contributed by atoms with Gasteiger partial charge in [-0.3, -0.25) is 4.79 Å². The van der Waals surface area contributed by atoms with Gasteiger partial charge in [0.1, 0.15) is 11.4 Å². The molecule has 2 aromatic carbocycles. The first-order valence-corrected chi connectivity index (χ1v) is 6.81. The van der Waals surface area contributed by atoms with Gasteiger partial charge in [-0.1, -0.05) is 24.3 Å². The number of rotatable bonds is 2. The van der Waals surface area contributed by atoms with Crippen LogP contribution in [0.5, 0.6) is 11.5 Å². The minimum absolute atomic E-state index is 0.0584. The summed E-state index contributed by atoms with van der Waals surface area (Å²) in [6.45, 7) is 0. The van der Waals surface area contributed by atoms with E-state index in [2.05, 4.69) is 9.97 Å². The van der Waals surface area contributed by atoms with Crippen molar-refractivity contribution in [2.75, 3.05) is 0 Å². The van der Waals surface area contributed by atoms with Crippen LogP contribution in [0.1, 0.15) is 16.2 Å². The maximum Gasteiger partial charge on any atom is 0.233 e. The number of ketones is 1. The lowest BCUT2D eigenvalue weighted by atomic mass is 10.1. The highest BCUT2D eigenvalue weighted by molar-refractivity contribution is 6.16. The molecule has 0 fully saturated rings.